The predicted octanol–water partition coefficient (Wildman–Crippen LogP) is 2.79. The van der Waals surface area contributed by atoms with Gasteiger partial charge in [-0.2, -0.15) is 0 Å². The van der Waals surface area contributed by atoms with Crippen molar-refractivity contribution in [2.75, 3.05) is 12.4 Å². The number of nitrogens with one attached hydrogen (secondary N) is 1. The smallest absolute Gasteiger partial charge is 0.255 e. The van der Waals surface area contributed by atoms with E-state index in [2.05, 4.69) is 5.32 Å². The molecule has 2 rings (SSSR count). The number of carbonyl (C=O) groups is 1. The van der Waals surface area contributed by atoms with Gasteiger partial charge in [0.2, 0.25) is 0 Å². The van der Waals surface area contributed by atoms with Crippen molar-refractivity contribution in [1.82, 2.24) is 0 Å². The maximum atomic E-state index is 13.0. The molecule has 2 aromatic carbocycles. The van der Waals surface area contributed by atoms with Crippen LogP contribution in [-0.2, 0) is 0 Å². The molecule has 0 atom stereocenters. The number of methoxy groups -OCH3 is 1. The molecule has 19 heavy (non-hydrogen) atoms. The summed E-state index contributed by atoms with van der Waals surface area (Å²) in [5.74, 6) is -0.693. The summed E-state index contributed by atoms with van der Waals surface area (Å²) in [7, 11) is 1.39. The fourth-order valence-electron chi connectivity index (χ4n) is 1.59. The van der Waals surface area contributed by atoms with Crippen molar-refractivity contribution in [2.45, 2.75) is 0 Å². The Labute approximate surface area is 109 Å². The quantitative estimate of drug-likeness (QED) is 0.893. The minimum absolute atomic E-state index is 0.0511. The van der Waals surface area contributed by atoms with Gasteiger partial charge in [-0.15, -0.1) is 0 Å². The van der Waals surface area contributed by atoms with Gasteiger partial charge in [0.25, 0.3) is 5.91 Å². The predicted molar refractivity (Wildman–Crippen MR) is 69.0 cm³/mol. The third kappa shape index (κ3) is 3.01. The van der Waals surface area contributed by atoms with E-state index in [9.17, 15) is 14.3 Å². The zero-order valence-corrected chi connectivity index (χ0v) is 10.2. The average Bonchev–Trinajstić information content (AvgIpc) is 2.39. The molecule has 2 aromatic rings. The second-order valence-electron chi connectivity index (χ2n) is 3.85. The molecule has 0 unspecified atom stereocenters. The molecule has 0 bridgehead atoms. The molecule has 0 saturated heterocycles. The van der Waals surface area contributed by atoms with Crippen LogP contribution in [0.4, 0.5) is 10.1 Å². The van der Waals surface area contributed by atoms with Crippen molar-refractivity contribution in [3.8, 4) is 11.5 Å². The van der Waals surface area contributed by atoms with Gasteiger partial charge >= 0.3 is 0 Å². The molecule has 1 amide bonds. The molecule has 5 heteroatoms. The molecule has 0 heterocycles. The van der Waals surface area contributed by atoms with Crippen molar-refractivity contribution >= 4 is 11.6 Å². The fraction of sp³-hybridized carbons (Fsp3) is 0.0714. The summed E-state index contributed by atoms with van der Waals surface area (Å²) in [5, 5.41) is 12.0. The maximum Gasteiger partial charge on any atom is 0.255 e. The number of halogens is 1. The first-order valence-corrected chi connectivity index (χ1v) is 5.54. The fourth-order valence-corrected chi connectivity index (χ4v) is 1.59. The van der Waals surface area contributed by atoms with E-state index in [4.69, 9.17) is 4.74 Å². The molecule has 0 aliphatic rings. The molecule has 0 fully saturated rings. The number of ether oxygens (including phenoxy) is 1. The van der Waals surface area contributed by atoms with Crippen LogP contribution in [0.25, 0.3) is 0 Å². The number of hydrogen-bond donors (Lipinski definition) is 2. The minimum atomic E-state index is -0.430. The summed E-state index contributed by atoms with van der Waals surface area (Å²) >= 11 is 0. The van der Waals surface area contributed by atoms with Crippen LogP contribution in [-0.4, -0.2) is 18.1 Å². The number of benzene rings is 2. The lowest BCUT2D eigenvalue weighted by Gasteiger charge is -2.08. The number of amides is 1. The first kappa shape index (κ1) is 12.9. The minimum Gasteiger partial charge on any atom is -0.504 e. The highest BCUT2D eigenvalue weighted by Crippen LogP contribution is 2.26. The topological polar surface area (TPSA) is 58.6 Å². The van der Waals surface area contributed by atoms with E-state index in [1.165, 1.54) is 43.5 Å². The van der Waals surface area contributed by atoms with Crippen molar-refractivity contribution in [3.63, 3.8) is 0 Å². The lowest BCUT2D eigenvalue weighted by atomic mass is 10.2. The highest BCUT2D eigenvalue weighted by Gasteiger charge is 2.10. The van der Waals surface area contributed by atoms with Crippen LogP contribution in [0.15, 0.2) is 42.5 Å². The zero-order valence-electron chi connectivity index (χ0n) is 10.2. The third-order valence-electron chi connectivity index (χ3n) is 2.52. The first-order valence-electron chi connectivity index (χ1n) is 5.54. The average molecular weight is 261 g/mol. The third-order valence-corrected chi connectivity index (χ3v) is 2.52. The monoisotopic (exact) mass is 261 g/mol. The lowest BCUT2D eigenvalue weighted by Crippen LogP contribution is -2.12. The molecule has 98 valence electrons. The van der Waals surface area contributed by atoms with Gasteiger partial charge in [-0.25, -0.2) is 4.39 Å². The van der Waals surface area contributed by atoms with E-state index in [-0.39, 0.29) is 11.5 Å². The van der Waals surface area contributed by atoms with Gasteiger partial charge in [0.1, 0.15) is 5.82 Å². The SMILES string of the molecule is COc1cc(C(=O)Nc2cccc(F)c2)ccc1O. The van der Waals surface area contributed by atoms with Gasteiger partial charge in [0.15, 0.2) is 11.5 Å². The van der Waals surface area contributed by atoms with Crippen LogP contribution in [0, 0.1) is 5.82 Å². The summed E-state index contributed by atoms with van der Waals surface area (Å²) in [6, 6.07) is 9.81. The molecule has 0 spiro atoms. The molecular formula is C14H12FNO3. The van der Waals surface area contributed by atoms with E-state index in [1.54, 1.807) is 6.07 Å². The Balaban J connectivity index is 2.20. The van der Waals surface area contributed by atoms with Gasteiger partial charge in [0.05, 0.1) is 7.11 Å². The van der Waals surface area contributed by atoms with Crippen LogP contribution >= 0.6 is 0 Å². The molecule has 0 aliphatic heterocycles. The highest BCUT2D eigenvalue weighted by atomic mass is 19.1. The van der Waals surface area contributed by atoms with E-state index >= 15 is 0 Å². The van der Waals surface area contributed by atoms with Gasteiger partial charge in [-0.05, 0) is 36.4 Å². The molecule has 0 aromatic heterocycles. The van der Waals surface area contributed by atoms with Crippen LogP contribution in [0.2, 0.25) is 0 Å². The number of phenols is 1. The second kappa shape index (κ2) is 5.39. The summed E-state index contributed by atoms with van der Waals surface area (Å²) in [6.45, 7) is 0. The van der Waals surface area contributed by atoms with Gasteiger partial charge in [-0.1, -0.05) is 6.07 Å². The number of rotatable bonds is 3. The molecule has 0 saturated carbocycles. The Morgan fingerprint density at radius 3 is 2.74 bits per heavy atom. The molecule has 0 aliphatic carbocycles. The normalized spacial score (nSPS) is 10.0. The van der Waals surface area contributed by atoms with Crippen LogP contribution in [0.1, 0.15) is 10.4 Å². The van der Waals surface area contributed by atoms with E-state index < -0.39 is 11.7 Å². The Bertz CT molecular complexity index is 613. The van der Waals surface area contributed by atoms with E-state index in [1.807, 2.05) is 0 Å². The van der Waals surface area contributed by atoms with Crippen molar-refractivity contribution in [3.05, 3.63) is 53.8 Å². The molecular weight excluding hydrogens is 249 g/mol. The van der Waals surface area contributed by atoms with E-state index in [0.29, 0.717) is 11.3 Å². The summed E-state index contributed by atoms with van der Waals surface area (Å²) < 4.78 is 17.9. The number of carbonyl (C=O) groups excluding carboxylic acids is 1. The summed E-state index contributed by atoms with van der Waals surface area (Å²) in [6.07, 6.45) is 0. The van der Waals surface area contributed by atoms with Crippen molar-refractivity contribution in [2.24, 2.45) is 0 Å². The largest absolute Gasteiger partial charge is 0.504 e. The van der Waals surface area contributed by atoms with Gasteiger partial charge < -0.3 is 15.2 Å². The van der Waals surface area contributed by atoms with Gasteiger partial charge in [-0.3, -0.25) is 4.79 Å². The number of aromatic hydroxyl groups is 1. The lowest BCUT2D eigenvalue weighted by molar-refractivity contribution is 0.102. The second-order valence-corrected chi connectivity index (χ2v) is 3.85. The van der Waals surface area contributed by atoms with Crippen LogP contribution in [0.3, 0.4) is 0 Å². The summed E-state index contributed by atoms with van der Waals surface area (Å²) in [4.78, 5) is 11.9. The van der Waals surface area contributed by atoms with E-state index in [0.717, 1.165) is 0 Å². The van der Waals surface area contributed by atoms with Crippen molar-refractivity contribution in [1.29, 1.82) is 0 Å². The van der Waals surface area contributed by atoms with Crippen LogP contribution < -0.4 is 10.1 Å². The highest BCUT2D eigenvalue weighted by molar-refractivity contribution is 6.04. The number of phenolic OH excluding ortho intramolecular Hbond substituents is 1. The Morgan fingerprint density at radius 2 is 2.05 bits per heavy atom. The van der Waals surface area contributed by atoms with Gasteiger partial charge in [0, 0.05) is 11.3 Å². The molecule has 0 radical (unpaired) electrons. The number of hydrogen-bond acceptors (Lipinski definition) is 3. The standard InChI is InChI=1S/C14H12FNO3/c1-19-13-7-9(5-6-12(13)17)14(18)16-11-4-2-3-10(15)8-11/h2-8,17H,1H3,(H,16,18). The maximum absolute atomic E-state index is 13.0. The molecule has 4 nitrogen and oxygen atoms in total. The van der Waals surface area contributed by atoms with Crippen molar-refractivity contribution < 1.29 is 19.0 Å². The summed E-state index contributed by atoms with van der Waals surface area (Å²) in [5.41, 5.74) is 0.663. The zero-order chi connectivity index (χ0) is 13.8. The van der Waals surface area contributed by atoms with Crippen LogP contribution in [0.5, 0.6) is 11.5 Å². The Kier molecular flexibility index (Phi) is 3.66. The first-order chi connectivity index (χ1) is 9.10. The Morgan fingerprint density at radius 1 is 1.26 bits per heavy atom. The molecule has 2 N–H and O–H groups in total. The Hall–Kier alpha value is -2.56. The number of anilines is 1.